The average molecular weight is 244 g/mol. The van der Waals surface area contributed by atoms with E-state index in [4.69, 9.17) is 5.73 Å². The molecular formula is C13H16N4O. The second-order valence-electron chi connectivity index (χ2n) is 4.02. The Morgan fingerprint density at radius 3 is 2.78 bits per heavy atom. The highest BCUT2D eigenvalue weighted by Crippen LogP contribution is 2.05. The zero-order valence-electron chi connectivity index (χ0n) is 10.0. The number of aryl methyl sites for hydroxylation is 1. The summed E-state index contributed by atoms with van der Waals surface area (Å²) in [6.07, 6.45) is 5.20. The molecule has 1 amide bonds. The molecule has 0 aliphatic carbocycles. The lowest BCUT2D eigenvalue weighted by Gasteiger charge is -2.04. The predicted molar refractivity (Wildman–Crippen MR) is 70.1 cm³/mol. The van der Waals surface area contributed by atoms with Crippen LogP contribution in [0.25, 0.3) is 0 Å². The van der Waals surface area contributed by atoms with Crippen LogP contribution in [0.3, 0.4) is 0 Å². The first-order valence-electron chi connectivity index (χ1n) is 5.88. The van der Waals surface area contributed by atoms with Crippen LogP contribution in [0.2, 0.25) is 0 Å². The van der Waals surface area contributed by atoms with E-state index in [-0.39, 0.29) is 5.91 Å². The summed E-state index contributed by atoms with van der Waals surface area (Å²) in [5.74, 6) is 0.867. The molecule has 0 aliphatic heterocycles. The number of anilines is 1. The van der Waals surface area contributed by atoms with Gasteiger partial charge >= 0.3 is 0 Å². The number of benzene rings is 1. The number of aromatic nitrogens is 2. The van der Waals surface area contributed by atoms with Crippen molar-refractivity contribution >= 4 is 11.6 Å². The first kappa shape index (κ1) is 12.2. The number of hydrogen-bond donors (Lipinski definition) is 3. The molecule has 1 aromatic heterocycles. The number of nitrogens with zero attached hydrogens (tertiary/aromatic N) is 1. The molecule has 0 bridgehead atoms. The molecule has 5 nitrogen and oxygen atoms in total. The van der Waals surface area contributed by atoms with E-state index < -0.39 is 0 Å². The number of nitrogen functional groups attached to an aromatic ring is 1. The van der Waals surface area contributed by atoms with Gasteiger partial charge in [0.2, 0.25) is 0 Å². The Bertz CT molecular complexity index is 490. The summed E-state index contributed by atoms with van der Waals surface area (Å²) in [7, 11) is 0. The van der Waals surface area contributed by atoms with E-state index >= 15 is 0 Å². The lowest BCUT2D eigenvalue weighted by atomic mass is 10.2. The third kappa shape index (κ3) is 3.35. The van der Waals surface area contributed by atoms with E-state index in [0.29, 0.717) is 17.8 Å². The Morgan fingerprint density at radius 2 is 2.11 bits per heavy atom. The number of carbonyl (C=O) groups is 1. The number of nitrogens with two attached hydrogens (primary N) is 1. The van der Waals surface area contributed by atoms with Gasteiger partial charge in [0.25, 0.3) is 5.91 Å². The first-order chi connectivity index (χ1) is 8.75. The molecule has 0 unspecified atom stereocenters. The van der Waals surface area contributed by atoms with Gasteiger partial charge in [-0.25, -0.2) is 4.98 Å². The maximum Gasteiger partial charge on any atom is 0.251 e. The second kappa shape index (κ2) is 5.86. The summed E-state index contributed by atoms with van der Waals surface area (Å²) < 4.78 is 0. The summed E-state index contributed by atoms with van der Waals surface area (Å²) in [6, 6.07) is 6.88. The van der Waals surface area contributed by atoms with Gasteiger partial charge in [0, 0.05) is 36.6 Å². The molecule has 2 aromatic rings. The predicted octanol–water partition coefficient (Wildman–Crippen LogP) is 1.35. The molecule has 0 atom stereocenters. The fourth-order valence-electron chi connectivity index (χ4n) is 1.63. The molecule has 0 fully saturated rings. The lowest BCUT2D eigenvalue weighted by molar-refractivity contribution is 0.0953. The van der Waals surface area contributed by atoms with Gasteiger partial charge in [-0.3, -0.25) is 4.79 Å². The van der Waals surface area contributed by atoms with Crippen LogP contribution in [-0.4, -0.2) is 22.4 Å². The van der Waals surface area contributed by atoms with Crippen molar-refractivity contribution in [2.75, 3.05) is 12.3 Å². The first-order valence-corrected chi connectivity index (χ1v) is 5.88. The fraction of sp³-hybridized carbons (Fsp3) is 0.231. The van der Waals surface area contributed by atoms with Gasteiger partial charge < -0.3 is 16.0 Å². The minimum atomic E-state index is -0.0746. The Hall–Kier alpha value is -2.30. The molecule has 0 aliphatic rings. The fourth-order valence-corrected chi connectivity index (χ4v) is 1.63. The van der Waals surface area contributed by atoms with Gasteiger partial charge in [0.15, 0.2) is 0 Å². The molecule has 0 saturated carbocycles. The van der Waals surface area contributed by atoms with Gasteiger partial charge in [-0.15, -0.1) is 0 Å². The van der Waals surface area contributed by atoms with Crippen LogP contribution in [0, 0.1) is 0 Å². The highest BCUT2D eigenvalue weighted by atomic mass is 16.1. The molecule has 94 valence electrons. The average Bonchev–Trinajstić information content (AvgIpc) is 2.88. The van der Waals surface area contributed by atoms with Crippen LogP contribution in [0.1, 0.15) is 22.6 Å². The summed E-state index contributed by atoms with van der Waals surface area (Å²) in [5, 5.41) is 2.86. The van der Waals surface area contributed by atoms with Crippen molar-refractivity contribution in [3.63, 3.8) is 0 Å². The minimum absolute atomic E-state index is 0.0746. The number of rotatable bonds is 5. The molecule has 0 spiro atoms. The Morgan fingerprint density at radius 1 is 1.33 bits per heavy atom. The Balaban J connectivity index is 1.73. The molecule has 5 heteroatoms. The number of carbonyl (C=O) groups excluding carboxylic acids is 1. The van der Waals surface area contributed by atoms with E-state index in [9.17, 15) is 4.79 Å². The number of H-pyrrole nitrogens is 1. The quantitative estimate of drug-likeness (QED) is 0.548. The van der Waals surface area contributed by atoms with Gasteiger partial charge in [-0.1, -0.05) is 0 Å². The summed E-state index contributed by atoms with van der Waals surface area (Å²) in [5.41, 5.74) is 6.84. The highest BCUT2D eigenvalue weighted by molar-refractivity contribution is 5.94. The molecule has 2 rings (SSSR count). The van der Waals surface area contributed by atoms with E-state index in [1.807, 2.05) is 0 Å². The van der Waals surface area contributed by atoms with Crippen molar-refractivity contribution in [2.45, 2.75) is 12.8 Å². The molecule has 4 N–H and O–H groups in total. The molecule has 18 heavy (non-hydrogen) atoms. The van der Waals surface area contributed by atoms with Crippen LogP contribution in [0.15, 0.2) is 36.7 Å². The zero-order chi connectivity index (χ0) is 12.8. The third-order valence-corrected chi connectivity index (χ3v) is 2.60. The number of nitrogens with one attached hydrogen (secondary N) is 2. The van der Waals surface area contributed by atoms with Crippen LogP contribution >= 0.6 is 0 Å². The Kier molecular flexibility index (Phi) is 3.96. The van der Waals surface area contributed by atoms with Crippen LogP contribution in [0.5, 0.6) is 0 Å². The number of hydrogen-bond acceptors (Lipinski definition) is 3. The van der Waals surface area contributed by atoms with E-state index in [0.717, 1.165) is 18.7 Å². The zero-order valence-corrected chi connectivity index (χ0v) is 10.0. The number of aromatic amines is 1. The normalized spacial score (nSPS) is 10.2. The number of imidazole rings is 1. The molecule has 1 aromatic carbocycles. The van der Waals surface area contributed by atoms with Crippen LogP contribution in [0.4, 0.5) is 5.69 Å². The number of amides is 1. The highest BCUT2D eigenvalue weighted by Gasteiger charge is 2.04. The molecule has 1 heterocycles. The SMILES string of the molecule is Nc1ccc(C(=O)NCCCc2ncc[nH]2)cc1. The summed E-state index contributed by atoms with van der Waals surface area (Å²) in [6.45, 7) is 0.629. The van der Waals surface area contributed by atoms with Crippen molar-refractivity contribution < 1.29 is 4.79 Å². The topological polar surface area (TPSA) is 83.8 Å². The van der Waals surface area contributed by atoms with Gasteiger partial charge in [-0.2, -0.15) is 0 Å². The van der Waals surface area contributed by atoms with Gasteiger partial charge in [-0.05, 0) is 30.7 Å². The smallest absolute Gasteiger partial charge is 0.251 e. The van der Waals surface area contributed by atoms with Crippen LogP contribution in [-0.2, 0) is 6.42 Å². The molecule has 0 radical (unpaired) electrons. The second-order valence-corrected chi connectivity index (χ2v) is 4.02. The molecule has 0 saturated heterocycles. The maximum absolute atomic E-state index is 11.7. The van der Waals surface area contributed by atoms with E-state index in [1.54, 1.807) is 36.7 Å². The monoisotopic (exact) mass is 244 g/mol. The van der Waals surface area contributed by atoms with E-state index in [2.05, 4.69) is 15.3 Å². The van der Waals surface area contributed by atoms with Crippen molar-refractivity contribution in [3.05, 3.63) is 48.0 Å². The third-order valence-electron chi connectivity index (χ3n) is 2.60. The van der Waals surface area contributed by atoms with Crippen molar-refractivity contribution in [3.8, 4) is 0 Å². The largest absolute Gasteiger partial charge is 0.399 e. The standard InChI is InChI=1S/C13H16N4O/c14-11-5-3-10(4-6-11)13(18)17-7-1-2-12-15-8-9-16-12/h3-6,8-9H,1-2,7,14H2,(H,15,16)(H,17,18). The van der Waals surface area contributed by atoms with Crippen LogP contribution < -0.4 is 11.1 Å². The van der Waals surface area contributed by atoms with Crippen molar-refractivity contribution in [2.24, 2.45) is 0 Å². The molecular weight excluding hydrogens is 228 g/mol. The minimum Gasteiger partial charge on any atom is -0.399 e. The van der Waals surface area contributed by atoms with Crippen molar-refractivity contribution in [1.29, 1.82) is 0 Å². The summed E-state index contributed by atoms with van der Waals surface area (Å²) >= 11 is 0. The van der Waals surface area contributed by atoms with Gasteiger partial charge in [0.1, 0.15) is 5.82 Å². The van der Waals surface area contributed by atoms with Crippen molar-refractivity contribution in [1.82, 2.24) is 15.3 Å². The summed E-state index contributed by atoms with van der Waals surface area (Å²) in [4.78, 5) is 18.9. The Labute approximate surface area is 105 Å². The van der Waals surface area contributed by atoms with Gasteiger partial charge in [0.05, 0.1) is 0 Å². The van der Waals surface area contributed by atoms with E-state index in [1.165, 1.54) is 0 Å². The lowest BCUT2D eigenvalue weighted by Crippen LogP contribution is -2.24. The maximum atomic E-state index is 11.7.